The van der Waals surface area contributed by atoms with Crippen LogP contribution in [0.25, 0.3) is 0 Å². The van der Waals surface area contributed by atoms with Crippen molar-refractivity contribution >= 4 is 23.2 Å². The zero-order chi connectivity index (χ0) is 12.3. The van der Waals surface area contributed by atoms with Crippen LogP contribution in [0.15, 0.2) is 36.4 Å². The maximum absolute atomic E-state index is 12.0. The average molecular weight is 252 g/mol. The molecule has 0 bridgehead atoms. The first kappa shape index (κ1) is 12.0. The Balaban J connectivity index is 2.29. The molecule has 0 radical (unpaired) electrons. The molecule has 0 saturated heterocycles. The first-order valence-electron chi connectivity index (χ1n) is 5.52. The number of allylic oxidation sites excluding steroid dienone is 1. The second-order valence-electron chi connectivity index (χ2n) is 3.80. The first-order valence-corrected chi connectivity index (χ1v) is 6.05. The Kier molecular flexibility index (Phi) is 3.69. The molecule has 1 atom stereocenters. The van der Waals surface area contributed by atoms with Gasteiger partial charge in [0.1, 0.15) is 5.75 Å². The molecule has 1 aromatic rings. The predicted octanol–water partition coefficient (Wildman–Crippen LogP) is 2.60. The van der Waals surface area contributed by atoms with Gasteiger partial charge in [-0.25, -0.2) is 0 Å². The summed E-state index contributed by atoms with van der Waals surface area (Å²) in [5, 5.41) is 0. The summed E-state index contributed by atoms with van der Waals surface area (Å²) >= 11 is 5.57. The summed E-state index contributed by atoms with van der Waals surface area (Å²) < 4.78 is 5.54. The number of carbonyl (C=O) groups is 1. The Bertz CT molecular complexity index is 445. The monoisotopic (exact) mass is 251 g/mol. The van der Waals surface area contributed by atoms with E-state index in [1.807, 2.05) is 36.4 Å². The number of halogens is 1. The minimum absolute atomic E-state index is 0.0251. The van der Waals surface area contributed by atoms with Crippen LogP contribution in [-0.4, -0.2) is 24.4 Å². The van der Waals surface area contributed by atoms with Crippen LogP contribution in [-0.2, 0) is 4.79 Å². The Hall–Kier alpha value is -1.48. The maximum Gasteiger partial charge on any atom is 0.268 e. The van der Waals surface area contributed by atoms with Crippen molar-refractivity contribution in [1.29, 1.82) is 0 Å². The lowest BCUT2D eigenvalue weighted by Gasteiger charge is -2.32. The van der Waals surface area contributed by atoms with Crippen LogP contribution >= 0.6 is 11.6 Å². The van der Waals surface area contributed by atoms with Gasteiger partial charge in [-0.05, 0) is 19.1 Å². The number of nitrogens with zero attached hydrogens (tertiary/aromatic N) is 1. The van der Waals surface area contributed by atoms with E-state index < -0.39 is 6.10 Å². The highest BCUT2D eigenvalue weighted by Gasteiger charge is 2.30. The summed E-state index contributed by atoms with van der Waals surface area (Å²) in [5.41, 5.74) is 0.815. The normalized spacial score (nSPS) is 19.3. The van der Waals surface area contributed by atoms with Crippen LogP contribution in [0.5, 0.6) is 5.75 Å². The number of rotatable bonds is 3. The molecule has 1 aromatic carbocycles. The van der Waals surface area contributed by atoms with Crippen molar-refractivity contribution in [3.63, 3.8) is 0 Å². The molecule has 90 valence electrons. The zero-order valence-electron chi connectivity index (χ0n) is 9.60. The van der Waals surface area contributed by atoms with E-state index in [1.54, 1.807) is 11.8 Å². The fourth-order valence-electron chi connectivity index (χ4n) is 1.79. The number of fused-ring (bicyclic) bond motifs is 1. The topological polar surface area (TPSA) is 29.5 Å². The summed E-state index contributed by atoms with van der Waals surface area (Å²) in [7, 11) is 0. The third-order valence-electron chi connectivity index (χ3n) is 2.62. The lowest BCUT2D eigenvalue weighted by molar-refractivity contribution is -0.125. The van der Waals surface area contributed by atoms with E-state index in [4.69, 9.17) is 16.3 Å². The summed E-state index contributed by atoms with van der Waals surface area (Å²) in [5.74, 6) is 1.18. The summed E-state index contributed by atoms with van der Waals surface area (Å²) in [6.07, 6.45) is 3.28. The number of anilines is 1. The van der Waals surface area contributed by atoms with E-state index in [0.29, 0.717) is 12.4 Å². The molecule has 0 N–H and O–H groups in total. The molecule has 1 amide bonds. The maximum atomic E-state index is 12.0. The molecule has 17 heavy (non-hydrogen) atoms. The van der Waals surface area contributed by atoms with Crippen LogP contribution < -0.4 is 9.64 Å². The number of carbonyl (C=O) groups excluding carboxylic acids is 1. The summed E-state index contributed by atoms with van der Waals surface area (Å²) in [6, 6.07) is 7.54. The highest BCUT2D eigenvalue weighted by atomic mass is 35.5. The van der Waals surface area contributed by atoms with Crippen LogP contribution in [0, 0.1) is 0 Å². The van der Waals surface area contributed by atoms with Crippen molar-refractivity contribution in [2.75, 3.05) is 17.3 Å². The zero-order valence-corrected chi connectivity index (χ0v) is 10.4. The highest BCUT2D eigenvalue weighted by Crippen LogP contribution is 2.33. The van der Waals surface area contributed by atoms with E-state index in [2.05, 4.69) is 0 Å². The molecule has 0 fully saturated rings. The third kappa shape index (κ3) is 2.44. The van der Waals surface area contributed by atoms with Gasteiger partial charge in [-0.1, -0.05) is 24.3 Å². The first-order chi connectivity index (χ1) is 8.24. The predicted molar refractivity (Wildman–Crippen MR) is 68.7 cm³/mol. The minimum Gasteiger partial charge on any atom is -0.479 e. The van der Waals surface area contributed by atoms with Crippen LogP contribution in [0.1, 0.15) is 6.92 Å². The van der Waals surface area contributed by atoms with Gasteiger partial charge in [-0.2, -0.15) is 0 Å². The van der Waals surface area contributed by atoms with Crippen LogP contribution in [0.4, 0.5) is 5.69 Å². The summed E-state index contributed by atoms with van der Waals surface area (Å²) in [6.45, 7) is 2.28. The van der Waals surface area contributed by atoms with Gasteiger partial charge in [0, 0.05) is 12.4 Å². The van der Waals surface area contributed by atoms with E-state index in [0.717, 1.165) is 11.4 Å². The molecule has 0 saturated carbocycles. The SMILES string of the molecule is CC1Oc2ccccc2N(CC=CCCl)C1=O. The molecular weight excluding hydrogens is 238 g/mol. The highest BCUT2D eigenvalue weighted by molar-refractivity contribution is 6.18. The van der Waals surface area contributed by atoms with Gasteiger partial charge in [0.2, 0.25) is 0 Å². The van der Waals surface area contributed by atoms with Crippen molar-refractivity contribution in [2.24, 2.45) is 0 Å². The van der Waals surface area contributed by atoms with Gasteiger partial charge in [-0.15, -0.1) is 11.6 Å². The van der Waals surface area contributed by atoms with Gasteiger partial charge < -0.3 is 9.64 Å². The minimum atomic E-state index is -0.436. The second-order valence-corrected chi connectivity index (χ2v) is 4.11. The number of hydrogen-bond acceptors (Lipinski definition) is 2. The Morgan fingerprint density at radius 2 is 2.18 bits per heavy atom. The van der Waals surface area contributed by atoms with Crippen LogP contribution in [0.2, 0.25) is 0 Å². The third-order valence-corrected chi connectivity index (χ3v) is 2.80. The smallest absolute Gasteiger partial charge is 0.268 e. The average Bonchev–Trinajstić information content (AvgIpc) is 2.34. The van der Waals surface area contributed by atoms with Crippen molar-refractivity contribution in [3.05, 3.63) is 36.4 Å². The van der Waals surface area contributed by atoms with Crippen molar-refractivity contribution < 1.29 is 9.53 Å². The molecule has 4 heteroatoms. The second kappa shape index (κ2) is 5.23. The van der Waals surface area contributed by atoms with Gasteiger partial charge in [0.05, 0.1) is 5.69 Å². The number of ether oxygens (including phenoxy) is 1. The molecule has 0 aromatic heterocycles. The molecular formula is C13H14ClNO2. The van der Waals surface area contributed by atoms with Gasteiger partial charge in [0.25, 0.3) is 5.91 Å². The number of alkyl halides is 1. The van der Waals surface area contributed by atoms with E-state index in [1.165, 1.54) is 0 Å². The van der Waals surface area contributed by atoms with Gasteiger partial charge in [-0.3, -0.25) is 4.79 Å². The number of hydrogen-bond donors (Lipinski definition) is 0. The molecule has 1 heterocycles. The van der Waals surface area contributed by atoms with Crippen LogP contribution in [0.3, 0.4) is 0 Å². The van der Waals surface area contributed by atoms with E-state index >= 15 is 0 Å². The Morgan fingerprint density at radius 3 is 2.94 bits per heavy atom. The van der Waals surface area contributed by atoms with Crippen molar-refractivity contribution in [3.8, 4) is 5.75 Å². The number of amides is 1. The van der Waals surface area contributed by atoms with Gasteiger partial charge in [0.15, 0.2) is 6.10 Å². The fraction of sp³-hybridized carbons (Fsp3) is 0.308. The van der Waals surface area contributed by atoms with E-state index in [9.17, 15) is 4.79 Å². The van der Waals surface area contributed by atoms with Crippen molar-refractivity contribution in [1.82, 2.24) is 0 Å². The molecule has 1 aliphatic rings. The van der Waals surface area contributed by atoms with Crippen molar-refractivity contribution in [2.45, 2.75) is 13.0 Å². The molecule has 0 aliphatic carbocycles. The van der Waals surface area contributed by atoms with E-state index in [-0.39, 0.29) is 5.91 Å². The standard InChI is InChI=1S/C13H14ClNO2/c1-10-13(16)15(9-5-4-8-14)11-6-2-3-7-12(11)17-10/h2-7,10H,8-9H2,1H3. The molecule has 1 aliphatic heterocycles. The Morgan fingerprint density at radius 1 is 1.41 bits per heavy atom. The molecule has 2 rings (SSSR count). The number of benzene rings is 1. The summed E-state index contributed by atoms with van der Waals surface area (Å²) in [4.78, 5) is 13.7. The molecule has 1 unspecified atom stereocenters. The molecule has 3 nitrogen and oxygen atoms in total. The number of para-hydroxylation sites is 2. The lowest BCUT2D eigenvalue weighted by atomic mass is 10.2. The largest absolute Gasteiger partial charge is 0.479 e. The van der Waals surface area contributed by atoms with Gasteiger partial charge >= 0.3 is 0 Å². The quantitative estimate of drug-likeness (QED) is 0.611. The Labute approximate surface area is 106 Å². The fourth-order valence-corrected chi connectivity index (χ4v) is 1.92. The lowest BCUT2D eigenvalue weighted by Crippen LogP contribution is -2.44. The molecule has 0 spiro atoms.